The Morgan fingerprint density at radius 2 is 1.89 bits per heavy atom. The second-order valence-corrected chi connectivity index (χ2v) is 4.75. The van der Waals surface area contributed by atoms with Crippen molar-refractivity contribution in [1.82, 2.24) is 0 Å². The quantitative estimate of drug-likeness (QED) is 0.786. The highest BCUT2D eigenvalue weighted by Crippen LogP contribution is 2.43. The second kappa shape index (κ2) is 3.99. The molecule has 0 aliphatic heterocycles. The molecule has 0 heterocycles. The van der Waals surface area contributed by atoms with Crippen molar-refractivity contribution >= 4 is 17.4 Å². The number of alkyl halides is 3. The molecule has 2 rings (SSSR count). The molecule has 0 bridgehead atoms. The van der Waals surface area contributed by atoms with Gasteiger partial charge in [-0.15, -0.1) is 0 Å². The maximum Gasteiger partial charge on any atom is 0.416 e. The van der Waals surface area contributed by atoms with Crippen molar-refractivity contribution in [2.24, 2.45) is 0 Å². The first-order valence-corrected chi connectivity index (χ1v) is 5.46. The average molecular weight is 274 g/mol. The van der Waals surface area contributed by atoms with Gasteiger partial charge in [0.2, 0.25) is 0 Å². The number of carbonyl (C=O) groups excluding carboxylic acids is 1. The normalized spacial score (nSPS) is 18.1. The van der Waals surface area contributed by atoms with Crippen LogP contribution in [-0.4, -0.2) is 5.78 Å². The van der Waals surface area contributed by atoms with Crippen LogP contribution >= 0.6 is 11.6 Å². The zero-order chi connectivity index (χ0) is 13.6. The molecule has 0 aromatic heterocycles. The smallest absolute Gasteiger partial charge is 0.300 e. The molecule has 0 amide bonds. The molecule has 1 aromatic rings. The predicted molar refractivity (Wildman–Crippen MR) is 58.0 cm³/mol. The molecule has 1 saturated carbocycles. The molecule has 94 valence electrons. The van der Waals surface area contributed by atoms with E-state index in [2.05, 4.69) is 0 Å². The van der Waals surface area contributed by atoms with Crippen LogP contribution in [-0.2, 0) is 16.4 Å². The van der Waals surface area contributed by atoms with Crippen LogP contribution in [0.15, 0.2) is 18.2 Å². The standard InChI is InChI=1S/C12H7ClF3NO/c13-9-2-7(1-8(3-9)12(14,15)16)11(6-17)4-10(18)5-11/h1-3H,4-5H2. The minimum absolute atomic E-state index is 0.0544. The summed E-state index contributed by atoms with van der Waals surface area (Å²) in [6, 6.07) is 4.93. The number of Topliss-reactive ketones (excluding diaryl/α,β-unsaturated/α-hetero) is 1. The fourth-order valence-electron chi connectivity index (χ4n) is 2.00. The van der Waals surface area contributed by atoms with E-state index in [9.17, 15) is 18.0 Å². The molecular formula is C12H7ClF3NO. The number of nitrogens with zero attached hydrogens (tertiary/aromatic N) is 1. The van der Waals surface area contributed by atoms with Gasteiger partial charge in [-0.25, -0.2) is 0 Å². The molecule has 1 fully saturated rings. The summed E-state index contributed by atoms with van der Waals surface area (Å²) in [6.07, 6.45) is -4.63. The van der Waals surface area contributed by atoms with E-state index in [4.69, 9.17) is 16.9 Å². The number of hydrogen-bond donors (Lipinski definition) is 0. The van der Waals surface area contributed by atoms with Crippen LogP contribution in [0.3, 0.4) is 0 Å². The molecule has 0 atom stereocenters. The Hall–Kier alpha value is -1.54. The van der Waals surface area contributed by atoms with E-state index in [0.29, 0.717) is 0 Å². The maximum atomic E-state index is 12.6. The van der Waals surface area contributed by atoms with Crippen LogP contribution < -0.4 is 0 Å². The van der Waals surface area contributed by atoms with Crippen molar-refractivity contribution in [2.75, 3.05) is 0 Å². The van der Waals surface area contributed by atoms with E-state index in [1.165, 1.54) is 6.07 Å². The lowest BCUT2D eigenvalue weighted by molar-refractivity contribution is -0.137. The average Bonchev–Trinajstić information content (AvgIpc) is 2.22. The summed E-state index contributed by atoms with van der Waals surface area (Å²) in [6.45, 7) is 0. The van der Waals surface area contributed by atoms with Crippen LogP contribution in [0.25, 0.3) is 0 Å². The molecule has 1 aromatic carbocycles. The van der Waals surface area contributed by atoms with E-state index in [-0.39, 0.29) is 29.2 Å². The number of benzene rings is 1. The van der Waals surface area contributed by atoms with Crippen molar-refractivity contribution in [3.05, 3.63) is 34.3 Å². The second-order valence-electron chi connectivity index (χ2n) is 4.31. The summed E-state index contributed by atoms with van der Waals surface area (Å²) in [5.74, 6) is -0.134. The Morgan fingerprint density at radius 1 is 1.28 bits per heavy atom. The van der Waals surface area contributed by atoms with Gasteiger partial charge in [0, 0.05) is 17.9 Å². The summed E-state index contributed by atoms with van der Waals surface area (Å²) in [4.78, 5) is 11.0. The third-order valence-corrected chi connectivity index (χ3v) is 3.21. The Labute approximate surface area is 106 Å². The van der Waals surface area contributed by atoms with Crippen LogP contribution in [0.1, 0.15) is 24.0 Å². The van der Waals surface area contributed by atoms with Crippen molar-refractivity contribution in [2.45, 2.75) is 24.4 Å². The zero-order valence-electron chi connectivity index (χ0n) is 9.01. The molecule has 0 saturated heterocycles. The Bertz CT molecular complexity index is 551. The minimum atomic E-state index is -4.52. The number of nitriles is 1. The van der Waals surface area contributed by atoms with E-state index in [1.807, 2.05) is 6.07 Å². The van der Waals surface area contributed by atoms with Crippen LogP contribution in [0.2, 0.25) is 5.02 Å². The van der Waals surface area contributed by atoms with Crippen molar-refractivity contribution in [1.29, 1.82) is 5.26 Å². The summed E-state index contributed by atoms with van der Waals surface area (Å²) < 4.78 is 37.9. The first kappa shape index (κ1) is 12.9. The number of rotatable bonds is 1. The van der Waals surface area contributed by atoms with Crippen LogP contribution in [0.5, 0.6) is 0 Å². The fraction of sp³-hybridized carbons (Fsp3) is 0.333. The van der Waals surface area contributed by atoms with Gasteiger partial charge in [0.05, 0.1) is 17.0 Å². The van der Waals surface area contributed by atoms with E-state index in [0.717, 1.165) is 12.1 Å². The molecule has 0 unspecified atom stereocenters. The van der Waals surface area contributed by atoms with E-state index in [1.54, 1.807) is 0 Å². The highest BCUT2D eigenvalue weighted by molar-refractivity contribution is 6.30. The summed E-state index contributed by atoms with van der Waals surface area (Å²) in [5.41, 5.74) is -1.90. The van der Waals surface area contributed by atoms with Gasteiger partial charge in [-0.05, 0) is 23.8 Å². The van der Waals surface area contributed by atoms with Gasteiger partial charge in [0.1, 0.15) is 5.78 Å². The van der Waals surface area contributed by atoms with Crippen molar-refractivity contribution in [3.8, 4) is 6.07 Å². The third kappa shape index (κ3) is 2.08. The van der Waals surface area contributed by atoms with Crippen LogP contribution in [0, 0.1) is 11.3 Å². The Balaban J connectivity index is 2.50. The lowest BCUT2D eigenvalue weighted by Gasteiger charge is -2.34. The molecule has 2 nitrogen and oxygen atoms in total. The van der Waals surface area contributed by atoms with Gasteiger partial charge in [0.15, 0.2) is 0 Å². The van der Waals surface area contributed by atoms with E-state index >= 15 is 0 Å². The monoisotopic (exact) mass is 273 g/mol. The first-order valence-electron chi connectivity index (χ1n) is 5.08. The van der Waals surface area contributed by atoms with Crippen LogP contribution in [0.4, 0.5) is 13.2 Å². The van der Waals surface area contributed by atoms with Gasteiger partial charge in [-0.3, -0.25) is 4.79 Å². The highest BCUT2D eigenvalue weighted by Gasteiger charge is 2.46. The first-order chi connectivity index (χ1) is 8.27. The fourth-order valence-corrected chi connectivity index (χ4v) is 2.23. The SMILES string of the molecule is N#CC1(c2cc(Cl)cc(C(F)(F)F)c2)CC(=O)C1. The lowest BCUT2D eigenvalue weighted by Crippen LogP contribution is -2.40. The van der Waals surface area contributed by atoms with Gasteiger partial charge >= 0.3 is 6.18 Å². The number of carbonyl (C=O) groups is 1. The Kier molecular flexibility index (Phi) is 2.86. The summed E-state index contributed by atoms with van der Waals surface area (Å²) in [5, 5.41) is 8.98. The van der Waals surface area contributed by atoms with Crippen molar-refractivity contribution in [3.63, 3.8) is 0 Å². The molecule has 0 spiro atoms. The van der Waals surface area contributed by atoms with Gasteiger partial charge in [0.25, 0.3) is 0 Å². The topological polar surface area (TPSA) is 40.9 Å². The number of hydrogen-bond acceptors (Lipinski definition) is 2. The Morgan fingerprint density at radius 3 is 2.33 bits per heavy atom. The maximum absolute atomic E-state index is 12.6. The van der Waals surface area contributed by atoms with Gasteiger partial charge < -0.3 is 0 Å². The third-order valence-electron chi connectivity index (χ3n) is 2.99. The summed E-state index contributed by atoms with van der Waals surface area (Å²) in [7, 11) is 0. The number of ketones is 1. The van der Waals surface area contributed by atoms with Gasteiger partial charge in [-0.1, -0.05) is 11.6 Å². The van der Waals surface area contributed by atoms with Crippen molar-refractivity contribution < 1.29 is 18.0 Å². The molecule has 6 heteroatoms. The van der Waals surface area contributed by atoms with E-state index < -0.39 is 17.2 Å². The predicted octanol–water partition coefficient (Wildman–Crippen LogP) is 3.48. The minimum Gasteiger partial charge on any atom is -0.300 e. The highest BCUT2D eigenvalue weighted by atomic mass is 35.5. The summed E-state index contributed by atoms with van der Waals surface area (Å²) >= 11 is 5.64. The molecule has 0 N–H and O–H groups in total. The molecule has 18 heavy (non-hydrogen) atoms. The molecule has 1 aliphatic rings. The molecule has 0 radical (unpaired) electrons. The molecular weight excluding hydrogens is 267 g/mol. The van der Waals surface area contributed by atoms with Gasteiger partial charge in [-0.2, -0.15) is 18.4 Å². The lowest BCUT2D eigenvalue weighted by atomic mass is 9.64. The largest absolute Gasteiger partial charge is 0.416 e. The number of halogens is 4. The zero-order valence-corrected chi connectivity index (χ0v) is 9.77. The molecule has 1 aliphatic carbocycles.